The number of anilines is 2. The summed E-state index contributed by atoms with van der Waals surface area (Å²) in [5.74, 6) is 1.03. The average molecular weight is 364 g/mol. The number of fused-ring (bicyclic) bond motifs is 1. The highest BCUT2D eigenvalue weighted by atomic mass is 32.1. The van der Waals surface area contributed by atoms with Gasteiger partial charge in [-0.2, -0.15) is 17.7 Å². The van der Waals surface area contributed by atoms with Crippen LogP contribution in [0.3, 0.4) is 0 Å². The van der Waals surface area contributed by atoms with Crippen LogP contribution in [0.15, 0.2) is 60.9 Å². The van der Waals surface area contributed by atoms with Crippen LogP contribution in [-0.2, 0) is 5.75 Å². The van der Waals surface area contributed by atoms with Gasteiger partial charge in [-0.15, -0.1) is 0 Å². The van der Waals surface area contributed by atoms with E-state index in [0.717, 1.165) is 22.4 Å². The van der Waals surface area contributed by atoms with Gasteiger partial charge in [-0.3, -0.25) is 15.0 Å². The molecule has 0 unspecified atom stereocenters. The van der Waals surface area contributed by atoms with Gasteiger partial charge in [0, 0.05) is 23.2 Å². The normalized spacial score (nSPS) is 10.8. The van der Waals surface area contributed by atoms with Crippen molar-refractivity contribution >= 4 is 41.2 Å². The summed E-state index contributed by atoms with van der Waals surface area (Å²) in [5.41, 5.74) is 4.39. The first kappa shape index (κ1) is 16.2. The van der Waals surface area contributed by atoms with E-state index in [1.807, 2.05) is 53.1 Å². The maximum absolute atomic E-state index is 12.1. The van der Waals surface area contributed by atoms with E-state index >= 15 is 0 Å². The van der Waals surface area contributed by atoms with Gasteiger partial charge in [0.1, 0.15) is 12.1 Å². The second kappa shape index (κ2) is 6.93. The molecule has 0 atom stereocenters. The number of urea groups is 1. The summed E-state index contributed by atoms with van der Waals surface area (Å²) in [7, 11) is 0. The van der Waals surface area contributed by atoms with E-state index in [-0.39, 0.29) is 6.03 Å². The maximum atomic E-state index is 12.1. The summed E-state index contributed by atoms with van der Waals surface area (Å²) in [6.07, 6.45) is 1.79. The molecule has 2 aromatic heterocycles. The van der Waals surface area contributed by atoms with Crippen LogP contribution in [0.5, 0.6) is 0 Å². The number of rotatable bonds is 4. The Kier molecular flexibility index (Phi) is 4.32. The number of carbonyl (C=O) groups is 1. The summed E-state index contributed by atoms with van der Waals surface area (Å²) < 4.78 is 2.00. The molecule has 0 saturated heterocycles. The van der Waals surface area contributed by atoms with Crippen molar-refractivity contribution in [1.29, 1.82) is 0 Å². The summed E-state index contributed by atoms with van der Waals surface area (Å²) in [6, 6.07) is 16.9. The number of nitrogens with zero attached hydrogens (tertiary/aromatic N) is 3. The molecule has 26 heavy (non-hydrogen) atoms. The van der Waals surface area contributed by atoms with Crippen molar-refractivity contribution in [3.63, 3.8) is 0 Å². The van der Waals surface area contributed by atoms with Crippen molar-refractivity contribution in [2.45, 2.75) is 5.75 Å². The minimum atomic E-state index is -0.347. The number of carbonyl (C=O) groups excluding carboxylic acids is 1. The number of imidazole rings is 1. The Labute approximate surface area is 154 Å². The largest absolute Gasteiger partial charge is 0.324 e. The van der Waals surface area contributed by atoms with Gasteiger partial charge in [-0.05, 0) is 36.4 Å². The lowest BCUT2D eigenvalue weighted by Gasteiger charge is -2.08. The third-order valence-electron chi connectivity index (χ3n) is 3.90. The number of benzene rings is 2. The fraction of sp³-hybridized carbons (Fsp3) is 0.0556. The minimum Gasteiger partial charge on any atom is -0.308 e. The van der Waals surface area contributed by atoms with Crippen LogP contribution in [0.4, 0.5) is 16.3 Å². The fourth-order valence-electron chi connectivity index (χ4n) is 2.66. The molecule has 3 N–H and O–H groups in total. The molecule has 4 rings (SSSR count). The fourth-order valence-corrected chi connectivity index (χ4v) is 2.83. The molecule has 0 aliphatic rings. The van der Waals surface area contributed by atoms with Crippen LogP contribution < -0.4 is 10.6 Å². The smallest absolute Gasteiger partial charge is 0.308 e. The van der Waals surface area contributed by atoms with Gasteiger partial charge in [-0.25, -0.2) is 9.78 Å². The Bertz CT molecular complexity index is 1050. The summed E-state index contributed by atoms with van der Waals surface area (Å²) in [4.78, 5) is 16.5. The predicted molar refractivity (Wildman–Crippen MR) is 105 cm³/mol. The molecule has 0 aliphatic heterocycles. The summed E-state index contributed by atoms with van der Waals surface area (Å²) in [6.45, 7) is 0. The number of nitrogens with one attached hydrogen (secondary N) is 3. The number of thiol groups is 1. The molecule has 2 amide bonds. The molecule has 7 nitrogen and oxygen atoms in total. The number of para-hydroxylation sites is 2. The number of hydrogen-bond donors (Lipinski definition) is 4. The van der Waals surface area contributed by atoms with Crippen LogP contribution in [0.1, 0.15) is 5.69 Å². The zero-order valence-electron chi connectivity index (χ0n) is 13.7. The quantitative estimate of drug-likeness (QED) is 0.415. The lowest BCUT2D eigenvalue weighted by molar-refractivity contribution is 0.262. The number of amides is 2. The van der Waals surface area contributed by atoms with Crippen molar-refractivity contribution in [3.05, 3.63) is 66.6 Å². The van der Waals surface area contributed by atoms with E-state index in [0.29, 0.717) is 17.3 Å². The van der Waals surface area contributed by atoms with Crippen molar-refractivity contribution in [3.8, 4) is 5.69 Å². The summed E-state index contributed by atoms with van der Waals surface area (Å²) >= 11 is 4.13. The van der Waals surface area contributed by atoms with Crippen LogP contribution in [-0.4, -0.2) is 25.8 Å². The zero-order valence-corrected chi connectivity index (χ0v) is 14.6. The Balaban J connectivity index is 1.46. The Morgan fingerprint density at radius 1 is 1.12 bits per heavy atom. The van der Waals surface area contributed by atoms with Gasteiger partial charge in [-0.1, -0.05) is 12.1 Å². The molecular formula is C18H16N6OS. The SMILES string of the molecule is O=C(Nc1ccc(-n2cnc3ccccc32)cc1)Nc1cc(CS)n[nH]1. The molecule has 0 aliphatic carbocycles. The first-order valence-electron chi connectivity index (χ1n) is 7.98. The van der Waals surface area contributed by atoms with Crippen molar-refractivity contribution in [2.24, 2.45) is 0 Å². The lowest BCUT2D eigenvalue weighted by Crippen LogP contribution is -2.19. The highest BCUT2D eigenvalue weighted by Crippen LogP contribution is 2.19. The number of aromatic nitrogens is 4. The first-order valence-corrected chi connectivity index (χ1v) is 8.62. The number of aromatic amines is 1. The van der Waals surface area contributed by atoms with Gasteiger partial charge >= 0.3 is 6.03 Å². The van der Waals surface area contributed by atoms with Gasteiger partial charge < -0.3 is 5.32 Å². The molecule has 0 bridgehead atoms. The molecule has 8 heteroatoms. The first-order chi connectivity index (χ1) is 12.7. The van der Waals surface area contributed by atoms with Gasteiger partial charge in [0.05, 0.1) is 16.7 Å². The number of H-pyrrole nitrogens is 1. The van der Waals surface area contributed by atoms with Crippen molar-refractivity contribution < 1.29 is 4.79 Å². The van der Waals surface area contributed by atoms with E-state index in [4.69, 9.17) is 0 Å². The van der Waals surface area contributed by atoms with E-state index in [9.17, 15) is 4.79 Å². The molecule has 2 heterocycles. The highest BCUT2D eigenvalue weighted by molar-refractivity contribution is 7.79. The summed E-state index contributed by atoms with van der Waals surface area (Å²) in [5, 5.41) is 12.2. The molecule has 0 radical (unpaired) electrons. The van der Waals surface area contributed by atoms with Gasteiger partial charge in [0.15, 0.2) is 0 Å². The highest BCUT2D eigenvalue weighted by Gasteiger charge is 2.07. The second-order valence-corrected chi connectivity index (χ2v) is 5.98. The predicted octanol–water partition coefficient (Wildman–Crippen LogP) is 3.82. The molecule has 2 aromatic carbocycles. The number of hydrogen-bond acceptors (Lipinski definition) is 4. The maximum Gasteiger partial charge on any atom is 0.324 e. The van der Waals surface area contributed by atoms with E-state index in [2.05, 4.69) is 38.4 Å². The van der Waals surface area contributed by atoms with E-state index in [1.165, 1.54) is 0 Å². The second-order valence-electron chi connectivity index (χ2n) is 5.66. The van der Waals surface area contributed by atoms with Crippen molar-refractivity contribution in [1.82, 2.24) is 19.7 Å². The molecule has 130 valence electrons. The van der Waals surface area contributed by atoms with E-state index in [1.54, 1.807) is 12.4 Å². The van der Waals surface area contributed by atoms with Crippen molar-refractivity contribution in [2.75, 3.05) is 10.6 Å². The lowest BCUT2D eigenvalue weighted by atomic mass is 10.2. The molecule has 0 spiro atoms. The standard InChI is InChI=1S/C18H16N6OS/c25-18(21-17-9-13(10-26)22-23-17)20-12-5-7-14(8-6-12)24-11-19-15-3-1-2-4-16(15)24/h1-9,11,26H,10H2,(H3,20,21,22,23,25). The Morgan fingerprint density at radius 3 is 2.69 bits per heavy atom. The Morgan fingerprint density at radius 2 is 1.92 bits per heavy atom. The Hall–Kier alpha value is -3.26. The third kappa shape index (κ3) is 3.27. The zero-order chi connectivity index (χ0) is 17.9. The van der Waals surface area contributed by atoms with Crippen LogP contribution in [0.25, 0.3) is 16.7 Å². The van der Waals surface area contributed by atoms with E-state index < -0.39 is 0 Å². The topological polar surface area (TPSA) is 87.6 Å². The molecule has 4 aromatic rings. The molecule has 0 fully saturated rings. The minimum absolute atomic E-state index is 0.347. The van der Waals surface area contributed by atoms with Crippen LogP contribution >= 0.6 is 12.6 Å². The monoisotopic (exact) mass is 364 g/mol. The third-order valence-corrected chi connectivity index (χ3v) is 4.22. The molecule has 0 saturated carbocycles. The van der Waals surface area contributed by atoms with Crippen LogP contribution in [0, 0.1) is 0 Å². The van der Waals surface area contributed by atoms with Gasteiger partial charge in [0.25, 0.3) is 0 Å². The van der Waals surface area contributed by atoms with Gasteiger partial charge in [0.2, 0.25) is 0 Å². The average Bonchev–Trinajstić information content (AvgIpc) is 3.29. The molecular weight excluding hydrogens is 348 g/mol. The van der Waals surface area contributed by atoms with Crippen LogP contribution in [0.2, 0.25) is 0 Å².